The quantitative estimate of drug-likeness (QED) is 0.114. The fraction of sp³-hybridized carbons (Fsp3) is 0.304. The smallest absolute Gasteiger partial charge is 0.250 e. The van der Waals surface area contributed by atoms with Gasteiger partial charge in [-0.3, -0.25) is 0 Å². The molecule has 52 heavy (non-hydrogen) atoms. The maximum atomic E-state index is 7.30. The van der Waals surface area contributed by atoms with Gasteiger partial charge in [-0.05, 0) is 106 Å². The summed E-state index contributed by atoms with van der Waals surface area (Å²) in [5.74, 6) is 1.98. The highest BCUT2D eigenvalue weighted by molar-refractivity contribution is 9.10. The highest BCUT2D eigenvalue weighted by atomic mass is 79.9. The average molecular weight is 853 g/mol. The Hall–Kier alpha value is -3.17. The molecule has 0 bridgehead atoms. The first-order valence-corrected chi connectivity index (χ1v) is 25.7. The SMILES string of the molecule is CC(C)(C)[Si](C)(C)Oc1ccc(O[Si](C)(C)C(C)(C)C)c2c1[C@@H](c1ccc(-c3ccc(Br)cc3)cc1)C=C[C@H]2c1ccc(-c2ccc(Br)cc2)cc1. The van der Waals surface area contributed by atoms with Crippen molar-refractivity contribution in [2.45, 2.75) is 89.6 Å². The molecule has 0 radical (unpaired) electrons. The number of benzene rings is 5. The summed E-state index contributed by atoms with van der Waals surface area (Å²) in [6.45, 7) is 23.3. The summed E-state index contributed by atoms with van der Waals surface area (Å²) >= 11 is 7.17. The number of allylic oxidation sites excluding steroid dienone is 2. The zero-order chi connectivity index (χ0) is 37.6. The molecule has 270 valence electrons. The van der Waals surface area contributed by atoms with Crippen LogP contribution in [0.2, 0.25) is 36.3 Å². The van der Waals surface area contributed by atoms with Crippen molar-refractivity contribution in [2.75, 3.05) is 0 Å². The van der Waals surface area contributed by atoms with Crippen LogP contribution in [-0.4, -0.2) is 16.6 Å². The molecule has 5 aromatic carbocycles. The molecule has 0 saturated carbocycles. The van der Waals surface area contributed by atoms with Gasteiger partial charge < -0.3 is 8.85 Å². The summed E-state index contributed by atoms with van der Waals surface area (Å²) in [6, 6.07) is 39.7. The van der Waals surface area contributed by atoms with E-state index in [9.17, 15) is 0 Å². The standard InChI is InChI=1S/C46H52Br2O2Si2/c1-45(2,3)51(7,8)49-41-29-30-42(50-52(9,10)46(4,5)6)44-40(36-17-13-32(14-18-36)34-21-25-38(48)26-22-34)28-27-39(43(41)44)35-15-11-31(12-16-35)33-19-23-37(47)24-20-33/h11-30,39-40H,1-10H3/t39-,40+. The summed E-state index contributed by atoms with van der Waals surface area (Å²) in [7, 11) is -4.40. The van der Waals surface area contributed by atoms with Gasteiger partial charge in [0.1, 0.15) is 11.5 Å². The van der Waals surface area contributed by atoms with Gasteiger partial charge in [0.25, 0.3) is 0 Å². The molecular formula is C46H52Br2O2Si2. The van der Waals surface area contributed by atoms with E-state index >= 15 is 0 Å². The molecule has 0 N–H and O–H groups in total. The Kier molecular flexibility index (Phi) is 10.8. The lowest BCUT2D eigenvalue weighted by Crippen LogP contribution is -2.45. The van der Waals surface area contributed by atoms with Gasteiger partial charge in [0, 0.05) is 31.9 Å². The molecule has 5 aromatic rings. The molecule has 0 saturated heterocycles. The third kappa shape index (κ3) is 8.01. The minimum Gasteiger partial charge on any atom is -0.543 e. The van der Waals surface area contributed by atoms with Gasteiger partial charge in [-0.15, -0.1) is 0 Å². The van der Waals surface area contributed by atoms with Crippen LogP contribution in [0.25, 0.3) is 22.3 Å². The van der Waals surface area contributed by atoms with Crippen LogP contribution in [0.4, 0.5) is 0 Å². The average Bonchev–Trinajstić information content (AvgIpc) is 3.08. The zero-order valence-electron chi connectivity index (χ0n) is 32.3. The van der Waals surface area contributed by atoms with Crippen LogP contribution in [-0.2, 0) is 0 Å². The van der Waals surface area contributed by atoms with Gasteiger partial charge in [-0.2, -0.15) is 0 Å². The highest BCUT2D eigenvalue weighted by Crippen LogP contribution is 2.52. The Morgan fingerprint density at radius 1 is 0.423 bits per heavy atom. The van der Waals surface area contributed by atoms with E-state index in [1.807, 2.05) is 0 Å². The molecule has 6 heteroatoms. The van der Waals surface area contributed by atoms with Crippen LogP contribution in [0.3, 0.4) is 0 Å². The van der Waals surface area contributed by atoms with E-state index in [1.165, 1.54) is 44.5 Å². The van der Waals surface area contributed by atoms with Crippen molar-refractivity contribution >= 4 is 48.5 Å². The normalized spacial score (nSPS) is 16.4. The van der Waals surface area contributed by atoms with E-state index in [0.29, 0.717) is 0 Å². The fourth-order valence-corrected chi connectivity index (χ4v) is 8.89. The second kappa shape index (κ2) is 14.6. The first kappa shape index (κ1) is 38.6. The Labute approximate surface area is 331 Å². The molecule has 0 fully saturated rings. The van der Waals surface area contributed by atoms with Gasteiger partial charge >= 0.3 is 0 Å². The maximum absolute atomic E-state index is 7.30. The summed E-state index contributed by atoms with van der Waals surface area (Å²) in [4.78, 5) is 0. The van der Waals surface area contributed by atoms with Gasteiger partial charge in [0.2, 0.25) is 16.6 Å². The summed E-state index contributed by atoms with van der Waals surface area (Å²) in [6.07, 6.45) is 4.80. The molecule has 0 aliphatic heterocycles. The molecule has 0 aromatic heterocycles. The minimum atomic E-state index is -2.20. The molecule has 0 heterocycles. The zero-order valence-corrected chi connectivity index (χ0v) is 37.4. The minimum absolute atomic E-state index is 0.00925. The lowest BCUT2D eigenvalue weighted by molar-refractivity contribution is 0.470. The van der Waals surface area contributed by atoms with Gasteiger partial charge in [-0.1, -0.05) is 158 Å². The first-order valence-electron chi connectivity index (χ1n) is 18.3. The van der Waals surface area contributed by atoms with Crippen LogP contribution in [0, 0.1) is 0 Å². The topological polar surface area (TPSA) is 18.5 Å². The summed E-state index contributed by atoms with van der Waals surface area (Å²) in [5.41, 5.74) is 9.74. The van der Waals surface area contributed by atoms with E-state index in [1.54, 1.807) is 0 Å². The van der Waals surface area contributed by atoms with Crippen LogP contribution >= 0.6 is 31.9 Å². The molecule has 1 aliphatic rings. The number of rotatable bonds is 8. The monoisotopic (exact) mass is 850 g/mol. The molecule has 6 rings (SSSR count). The Morgan fingerprint density at radius 3 is 0.962 bits per heavy atom. The van der Waals surface area contributed by atoms with Crippen LogP contribution in [0.1, 0.15) is 75.6 Å². The Morgan fingerprint density at radius 2 is 0.692 bits per heavy atom. The number of fused-ring (bicyclic) bond motifs is 1. The summed E-state index contributed by atoms with van der Waals surface area (Å²) < 4.78 is 16.8. The second-order valence-electron chi connectivity index (χ2n) is 17.2. The van der Waals surface area contributed by atoms with Crippen LogP contribution < -0.4 is 8.85 Å². The fourth-order valence-electron chi connectivity index (χ4n) is 6.29. The van der Waals surface area contributed by atoms with Gasteiger partial charge in [-0.25, -0.2) is 0 Å². The Balaban J connectivity index is 1.53. The first-order chi connectivity index (χ1) is 24.3. The summed E-state index contributed by atoms with van der Waals surface area (Å²) in [5, 5.41) is 0.0928. The van der Waals surface area contributed by atoms with Crippen molar-refractivity contribution < 1.29 is 8.85 Å². The van der Waals surface area contributed by atoms with Crippen molar-refractivity contribution in [3.8, 4) is 33.8 Å². The van der Waals surface area contributed by atoms with Crippen molar-refractivity contribution in [3.05, 3.63) is 153 Å². The van der Waals surface area contributed by atoms with E-state index < -0.39 is 16.6 Å². The largest absolute Gasteiger partial charge is 0.543 e. The predicted molar refractivity (Wildman–Crippen MR) is 234 cm³/mol. The van der Waals surface area contributed by atoms with Gasteiger partial charge in [0.05, 0.1) is 0 Å². The van der Waals surface area contributed by atoms with E-state index in [2.05, 4.69) is 221 Å². The maximum Gasteiger partial charge on any atom is 0.250 e. The third-order valence-electron chi connectivity index (χ3n) is 11.6. The van der Waals surface area contributed by atoms with Crippen molar-refractivity contribution in [2.24, 2.45) is 0 Å². The second-order valence-corrected chi connectivity index (χ2v) is 28.5. The molecular weight excluding hydrogens is 800 g/mol. The number of halogens is 2. The van der Waals surface area contributed by atoms with Crippen molar-refractivity contribution in [1.29, 1.82) is 0 Å². The third-order valence-corrected chi connectivity index (χ3v) is 21.3. The Bertz CT molecular complexity index is 1900. The van der Waals surface area contributed by atoms with Crippen molar-refractivity contribution in [3.63, 3.8) is 0 Å². The van der Waals surface area contributed by atoms with E-state index in [4.69, 9.17) is 8.85 Å². The van der Waals surface area contributed by atoms with E-state index in [0.717, 1.165) is 20.4 Å². The molecule has 0 spiro atoms. The molecule has 1 aliphatic carbocycles. The number of hydrogen-bond acceptors (Lipinski definition) is 2. The lowest BCUT2D eigenvalue weighted by Gasteiger charge is -2.41. The van der Waals surface area contributed by atoms with Crippen LogP contribution in [0.5, 0.6) is 11.5 Å². The molecule has 2 nitrogen and oxygen atoms in total. The van der Waals surface area contributed by atoms with E-state index in [-0.39, 0.29) is 21.9 Å². The predicted octanol–water partition coefficient (Wildman–Crippen LogP) is 15.1. The number of hydrogen-bond donors (Lipinski definition) is 0. The lowest BCUT2D eigenvalue weighted by atomic mass is 9.75. The van der Waals surface area contributed by atoms with Crippen LogP contribution in [0.15, 0.2) is 130 Å². The molecule has 2 atom stereocenters. The molecule has 0 unspecified atom stereocenters. The highest BCUT2D eigenvalue weighted by Gasteiger charge is 2.43. The van der Waals surface area contributed by atoms with Gasteiger partial charge in [0.15, 0.2) is 0 Å². The molecule has 0 amide bonds. The van der Waals surface area contributed by atoms with Crippen molar-refractivity contribution in [1.82, 2.24) is 0 Å².